The number of hydrogen-bond donors (Lipinski definition) is 0. The molecule has 1 amide bonds. The molecule has 5 nitrogen and oxygen atoms in total. The summed E-state index contributed by atoms with van der Waals surface area (Å²) < 4.78 is 10.4. The van der Waals surface area contributed by atoms with Gasteiger partial charge in [-0.05, 0) is 90.4 Å². The molecule has 4 rings (SSSR count). The van der Waals surface area contributed by atoms with Gasteiger partial charge in [0, 0.05) is 24.6 Å². The number of fused-ring (bicyclic) bond motifs is 1. The lowest BCUT2D eigenvalue weighted by Crippen LogP contribution is -2.36. The highest BCUT2D eigenvalue weighted by Gasteiger charge is 2.25. The van der Waals surface area contributed by atoms with Crippen LogP contribution in [0.4, 0.5) is 0 Å². The third-order valence-electron chi connectivity index (χ3n) is 7.14. The predicted molar refractivity (Wildman–Crippen MR) is 137 cm³/mol. The van der Waals surface area contributed by atoms with Gasteiger partial charge in [0.1, 0.15) is 5.75 Å². The van der Waals surface area contributed by atoms with Crippen LogP contribution in [0.25, 0.3) is 0 Å². The summed E-state index contributed by atoms with van der Waals surface area (Å²) in [5.74, 6) is 0.439. The molecule has 1 aliphatic rings. The monoisotopic (exact) mass is 471 g/mol. The van der Waals surface area contributed by atoms with Gasteiger partial charge in [0.05, 0.1) is 20.6 Å². The average Bonchev–Trinajstić information content (AvgIpc) is 2.87. The molecule has 0 radical (unpaired) electrons. The van der Waals surface area contributed by atoms with E-state index in [-0.39, 0.29) is 24.2 Å². The molecule has 3 aromatic rings. The standard InChI is InChI=1S/C30H33NO4/c1-19-6-7-24(14-20(19)2)30(33)31-13-12-22-8-9-23(16-25(22)18-31)28(17-29(32)35-5)27-11-10-26(34-4)15-21(27)3/h6-11,14-16,28H,12-13,17-18H2,1-5H3. The largest absolute Gasteiger partial charge is 0.497 e. The number of methoxy groups -OCH3 is 2. The van der Waals surface area contributed by atoms with Crippen LogP contribution in [0.5, 0.6) is 5.75 Å². The van der Waals surface area contributed by atoms with Crippen molar-refractivity contribution < 1.29 is 19.1 Å². The van der Waals surface area contributed by atoms with Crippen molar-refractivity contribution in [1.82, 2.24) is 4.90 Å². The fraction of sp³-hybridized carbons (Fsp3) is 0.333. The van der Waals surface area contributed by atoms with E-state index >= 15 is 0 Å². The van der Waals surface area contributed by atoms with E-state index in [0.717, 1.165) is 45.6 Å². The molecule has 3 aromatic carbocycles. The van der Waals surface area contributed by atoms with Crippen LogP contribution in [0.2, 0.25) is 0 Å². The second kappa shape index (κ2) is 10.3. The molecule has 0 N–H and O–H groups in total. The highest BCUT2D eigenvalue weighted by molar-refractivity contribution is 5.94. The van der Waals surface area contributed by atoms with Crippen molar-refractivity contribution in [3.8, 4) is 5.75 Å². The molecular weight excluding hydrogens is 438 g/mol. The van der Waals surface area contributed by atoms with Gasteiger partial charge in [-0.3, -0.25) is 9.59 Å². The first-order chi connectivity index (χ1) is 16.8. The Kier molecular flexibility index (Phi) is 7.25. The molecule has 1 heterocycles. The van der Waals surface area contributed by atoms with E-state index in [4.69, 9.17) is 9.47 Å². The van der Waals surface area contributed by atoms with E-state index in [1.807, 2.05) is 55.1 Å². The zero-order valence-corrected chi connectivity index (χ0v) is 21.2. The van der Waals surface area contributed by atoms with E-state index < -0.39 is 0 Å². The Morgan fingerprint density at radius 2 is 1.69 bits per heavy atom. The fourth-order valence-electron chi connectivity index (χ4n) is 4.85. The lowest BCUT2D eigenvalue weighted by molar-refractivity contribution is -0.140. The Bertz CT molecular complexity index is 1260. The van der Waals surface area contributed by atoms with Gasteiger partial charge < -0.3 is 14.4 Å². The molecule has 0 fully saturated rings. The molecule has 0 aromatic heterocycles. The summed E-state index contributed by atoms with van der Waals surface area (Å²) in [6.07, 6.45) is 1.06. The Morgan fingerprint density at radius 3 is 2.37 bits per heavy atom. The molecular formula is C30H33NO4. The van der Waals surface area contributed by atoms with Crippen LogP contribution in [0.3, 0.4) is 0 Å². The smallest absolute Gasteiger partial charge is 0.306 e. The Morgan fingerprint density at radius 1 is 0.886 bits per heavy atom. The van der Waals surface area contributed by atoms with Gasteiger partial charge in [-0.15, -0.1) is 0 Å². The second-order valence-electron chi connectivity index (χ2n) is 9.36. The van der Waals surface area contributed by atoms with Crippen molar-refractivity contribution in [2.75, 3.05) is 20.8 Å². The number of ether oxygens (including phenoxy) is 2. The van der Waals surface area contributed by atoms with Crippen molar-refractivity contribution in [3.63, 3.8) is 0 Å². The molecule has 0 spiro atoms. The van der Waals surface area contributed by atoms with E-state index in [1.54, 1.807) is 7.11 Å². The number of carbonyl (C=O) groups excluding carboxylic acids is 2. The van der Waals surface area contributed by atoms with Crippen LogP contribution >= 0.6 is 0 Å². The van der Waals surface area contributed by atoms with Gasteiger partial charge in [-0.2, -0.15) is 0 Å². The number of benzene rings is 3. The minimum Gasteiger partial charge on any atom is -0.497 e. The minimum atomic E-state index is -0.255. The summed E-state index contributed by atoms with van der Waals surface area (Å²) in [5.41, 5.74) is 8.58. The number of esters is 1. The number of aryl methyl sites for hydroxylation is 3. The minimum absolute atomic E-state index is 0.0567. The maximum absolute atomic E-state index is 13.3. The van der Waals surface area contributed by atoms with Gasteiger partial charge in [-0.25, -0.2) is 0 Å². The maximum Gasteiger partial charge on any atom is 0.306 e. The van der Waals surface area contributed by atoms with Crippen LogP contribution in [0.15, 0.2) is 54.6 Å². The molecule has 1 aliphatic heterocycles. The average molecular weight is 472 g/mol. The normalized spacial score (nSPS) is 13.7. The van der Waals surface area contributed by atoms with Crippen LogP contribution in [-0.4, -0.2) is 37.5 Å². The summed E-state index contributed by atoms with van der Waals surface area (Å²) in [4.78, 5) is 27.5. The van der Waals surface area contributed by atoms with Crippen molar-refractivity contribution in [2.24, 2.45) is 0 Å². The highest BCUT2D eigenvalue weighted by Crippen LogP contribution is 2.34. The van der Waals surface area contributed by atoms with E-state index in [0.29, 0.717) is 13.1 Å². The van der Waals surface area contributed by atoms with Gasteiger partial charge in [0.2, 0.25) is 0 Å². The first kappa shape index (κ1) is 24.5. The number of hydrogen-bond acceptors (Lipinski definition) is 4. The molecule has 182 valence electrons. The highest BCUT2D eigenvalue weighted by atomic mass is 16.5. The van der Waals surface area contributed by atoms with E-state index in [9.17, 15) is 9.59 Å². The molecule has 1 unspecified atom stereocenters. The van der Waals surface area contributed by atoms with E-state index in [2.05, 4.69) is 25.1 Å². The van der Waals surface area contributed by atoms with Crippen LogP contribution in [0.1, 0.15) is 61.6 Å². The molecule has 0 aliphatic carbocycles. The van der Waals surface area contributed by atoms with Gasteiger partial charge in [-0.1, -0.05) is 30.3 Å². The van der Waals surface area contributed by atoms with Gasteiger partial charge >= 0.3 is 5.97 Å². The molecule has 0 bridgehead atoms. The maximum atomic E-state index is 13.3. The van der Waals surface area contributed by atoms with E-state index in [1.165, 1.54) is 18.2 Å². The topological polar surface area (TPSA) is 55.8 Å². The SMILES string of the molecule is COC(=O)CC(c1ccc2c(c1)CN(C(=O)c1ccc(C)c(C)c1)CC2)c1ccc(OC)cc1C. The van der Waals surface area contributed by atoms with Crippen LogP contribution < -0.4 is 4.74 Å². The Hall–Kier alpha value is -3.60. The van der Waals surface area contributed by atoms with Crippen molar-refractivity contribution in [2.45, 2.75) is 46.1 Å². The van der Waals surface area contributed by atoms with Crippen LogP contribution in [-0.2, 0) is 22.5 Å². The van der Waals surface area contributed by atoms with Crippen molar-refractivity contribution in [1.29, 1.82) is 0 Å². The quantitative estimate of drug-likeness (QED) is 0.445. The fourth-order valence-corrected chi connectivity index (χ4v) is 4.85. The zero-order chi connectivity index (χ0) is 25.1. The molecule has 35 heavy (non-hydrogen) atoms. The number of rotatable bonds is 6. The van der Waals surface area contributed by atoms with Gasteiger partial charge in [0.25, 0.3) is 5.91 Å². The second-order valence-corrected chi connectivity index (χ2v) is 9.36. The summed E-state index contributed by atoms with van der Waals surface area (Å²) >= 11 is 0. The summed E-state index contributed by atoms with van der Waals surface area (Å²) in [5, 5.41) is 0. The summed E-state index contributed by atoms with van der Waals surface area (Å²) in [6, 6.07) is 18.2. The third kappa shape index (κ3) is 5.24. The predicted octanol–water partition coefficient (Wildman–Crippen LogP) is 5.51. The lowest BCUT2D eigenvalue weighted by Gasteiger charge is -2.30. The molecule has 0 saturated heterocycles. The van der Waals surface area contributed by atoms with Crippen molar-refractivity contribution >= 4 is 11.9 Å². The summed E-state index contributed by atoms with van der Waals surface area (Å²) in [7, 11) is 3.07. The molecule has 0 saturated carbocycles. The molecule has 1 atom stereocenters. The molecule has 5 heteroatoms. The third-order valence-corrected chi connectivity index (χ3v) is 7.14. The summed E-state index contributed by atoms with van der Waals surface area (Å²) in [6.45, 7) is 7.37. The number of amides is 1. The number of carbonyl (C=O) groups is 2. The van der Waals surface area contributed by atoms with Gasteiger partial charge in [0.15, 0.2) is 0 Å². The van der Waals surface area contributed by atoms with Crippen LogP contribution in [0, 0.1) is 20.8 Å². The first-order valence-electron chi connectivity index (χ1n) is 12.0. The Labute approximate surface area is 207 Å². The zero-order valence-electron chi connectivity index (χ0n) is 21.2. The first-order valence-corrected chi connectivity index (χ1v) is 12.0. The lowest BCUT2D eigenvalue weighted by atomic mass is 9.84. The van der Waals surface area contributed by atoms with Crippen molar-refractivity contribution in [3.05, 3.63) is 99.1 Å². The number of nitrogens with zero attached hydrogens (tertiary/aromatic N) is 1. The Balaban J connectivity index is 1.65.